The topological polar surface area (TPSA) is 54.8 Å². The van der Waals surface area contributed by atoms with Crippen molar-refractivity contribution in [2.24, 2.45) is 0 Å². The van der Waals surface area contributed by atoms with Crippen molar-refractivity contribution in [1.29, 1.82) is 0 Å². The molecule has 19 heavy (non-hydrogen) atoms. The SMILES string of the molecule is CC(C)(C)NCCNc1ccc(-n2cncn2)cc1. The maximum Gasteiger partial charge on any atom is 0.138 e. The average molecular weight is 259 g/mol. The van der Waals surface area contributed by atoms with Crippen molar-refractivity contribution in [2.75, 3.05) is 18.4 Å². The third-order valence-corrected chi connectivity index (χ3v) is 2.66. The van der Waals surface area contributed by atoms with E-state index in [1.54, 1.807) is 11.0 Å². The van der Waals surface area contributed by atoms with Crippen molar-refractivity contribution in [1.82, 2.24) is 20.1 Å². The predicted octanol–water partition coefficient (Wildman–Crippen LogP) is 2.07. The minimum absolute atomic E-state index is 0.165. The number of benzene rings is 1. The van der Waals surface area contributed by atoms with Crippen molar-refractivity contribution < 1.29 is 0 Å². The molecule has 0 atom stereocenters. The maximum atomic E-state index is 4.09. The van der Waals surface area contributed by atoms with Gasteiger partial charge in [0.05, 0.1) is 5.69 Å². The highest BCUT2D eigenvalue weighted by Crippen LogP contribution is 2.11. The molecule has 0 unspecified atom stereocenters. The zero-order chi connectivity index (χ0) is 13.7. The van der Waals surface area contributed by atoms with Gasteiger partial charge in [-0.25, -0.2) is 9.67 Å². The lowest BCUT2D eigenvalue weighted by Crippen LogP contribution is -2.38. The van der Waals surface area contributed by atoms with Crippen molar-refractivity contribution in [3.8, 4) is 5.69 Å². The van der Waals surface area contributed by atoms with E-state index < -0.39 is 0 Å². The molecule has 0 saturated heterocycles. The summed E-state index contributed by atoms with van der Waals surface area (Å²) >= 11 is 0. The van der Waals surface area contributed by atoms with Crippen molar-refractivity contribution >= 4 is 5.69 Å². The lowest BCUT2D eigenvalue weighted by Gasteiger charge is -2.20. The molecule has 0 amide bonds. The summed E-state index contributed by atoms with van der Waals surface area (Å²) in [5.41, 5.74) is 2.29. The molecule has 2 aromatic rings. The van der Waals surface area contributed by atoms with Crippen LogP contribution in [-0.4, -0.2) is 33.4 Å². The highest BCUT2D eigenvalue weighted by Gasteiger charge is 2.06. The second kappa shape index (κ2) is 5.84. The van der Waals surface area contributed by atoms with Crippen LogP contribution in [0, 0.1) is 0 Å². The maximum absolute atomic E-state index is 4.09. The van der Waals surface area contributed by atoms with Crippen LogP contribution in [0.15, 0.2) is 36.9 Å². The summed E-state index contributed by atoms with van der Waals surface area (Å²) in [4.78, 5) is 3.93. The van der Waals surface area contributed by atoms with E-state index in [9.17, 15) is 0 Å². The Morgan fingerprint density at radius 2 is 1.84 bits per heavy atom. The van der Waals surface area contributed by atoms with E-state index in [4.69, 9.17) is 0 Å². The second-order valence-electron chi connectivity index (χ2n) is 5.49. The molecule has 0 bridgehead atoms. The Morgan fingerprint density at radius 1 is 1.11 bits per heavy atom. The normalized spacial score (nSPS) is 11.5. The number of nitrogens with zero attached hydrogens (tertiary/aromatic N) is 3. The van der Waals surface area contributed by atoms with Crippen LogP contribution in [-0.2, 0) is 0 Å². The Hall–Kier alpha value is -1.88. The van der Waals surface area contributed by atoms with Crippen molar-refractivity contribution in [2.45, 2.75) is 26.3 Å². The Labute approximate surface area is 114 Å². The van der Waals surface area contributed by atoms with Crippen LogP contribution >= 0.6 is 0 Å². The van der Waals surface area contributed by atoms with Gasteiger partial charge in [0.15, 0.2) is 0 Å². The third-order valence-electron chi connectivity index (χ3n) is 2.66. The highest BCUT2D eigenvalue weighted by atomic mass is 15.3. The predicted molar refractivity (Wildman–Crippen MR) is 77.6 cm³/mol. The summed E-state index contributed by atoms with van der Waals surface area (Å²) in [5.74, 6) is 0. The number of rotatable bonds is 5. The van der Waals surface area contributed by atoms with E-state index in [0.29, 0.717) is 0 Å². The number of nitrogens with one attached hydrogen (secondary N) is 2. The molecule has 1 heterocycles. The molecule has 2 rings (SSSR count). The molecule has 1 aromatic heterocycles. The fourth-order valence-electron chi connectivity index (χ4n) is 1.72. The number of aromatic nitrogens is 3. The zero-order valence-corrected chi connectivity index (χ0v) is 11.7. The van der Waals surface area contributed by atoms with Crippen LogP contribution in [0.25, 0.3) is 5.69 Å². The number of hydrogen-bond donors (Lipinski definition) is 2. The van der Waals surface area contributed by atoms with Gasteiger partial charge in [0.1, 0.15) is 12.7 Å². The van der Waals surface area contributed by atoms with Gasteiger partial charge in [-0.15, -0.1) is 0 Å². The summed E-state index contributed by atoms with van der Waals surface area (Å²) in [6.07, 6.45) is 3.22. The molecule has 0 saturated carbocycles. The number of hydrogen-bond acceptors (Lipinski definition) is 4. The molecule has 0 aliphatic heterocycles. The largest absolute Gasteiger partial charge is 0.384 e. The van der Waals surface area contributed by atoms with Crippen molar-refractivity contribution in [3.05, 3.63) is 36.9 Å². The van der Waals surface area contributed by atoms with Crippen LogP contribution in [0.1, 0.15) is 20.8 Å². The van der Waals surface area contributed by atoms with E-state index >= 15 is 0 Å². The summed E-state index contributed by atoms with van der Waals surface area (Å²) in [6, 6.07) is 8.14. The lowest BCUT2D eigenvalue weighted by atomic mass is 10.1. The zero-order valence-electron chi connectivity index (χ0n) is 11.7. The first-order valence-corrected chi connectivity index (χ1v) is 6.48. The standard InChI is InChI=1S/C14H21N5/c1-14(2,3)17-9-8-16-12-4-6-13(7-5-12)19-11-15-10-18-19/h4-7,10-11,16-17H,8-9H2,1-3H3. The molecule has 0 fully saturated rings. The van der Waals surface area contributed by atoms with Gasteiger partial charge in [-0.2, -0.15) is 5.10 Å². The first-order valence-electron chi connectivity index (χ1n) is 6.48. The summed E-state index contributed by atoms with van der Waals surface area (Å²) in [7, 11) is 0. The van der Waals surface area contributed by atoms with Gasteiger partial charge >= 0.3 is 0 Å². The van der Waals surface area contributed by atoms with Crippen LogP contribution < -0.4 is 10.6 Å². The molecule has 2 N–H and O–H groups in total. The van der Waals surface area contributed by atoms with Gasteiger partial charge in [-0.05, 0) is 45.0 Å². The van der Waals surface area contributed by atoms with Gasteiger partial charge in [0, 0.05) is 24.3 Å². The monoisotopic (exact) mass is 259 g/mol. The Balaban J connectivity index is 1.83. The smallest absolute Gasteiger partial charge is 0.138 e. The Morgan fingerprint density at radius 3 is 2.42 bits per heavy atom. The van der Waals surface area contributed by atoms with Crippen LogP contribution in [0.3, 0.4) is 0 Å². The van der Waals surface area contributed by atoms with E-state index in [0.717, 1.165) is 24.5 Å². The van der Waals surface area contributed by atoms with Crippen LogP contribution in [0.4, 0.5) is 5.69 Å². The first-order chi connectivity index (χ1) is 9.04. The molecule has 0 aliphatic rings. The molecule has 0 radical (unpaired) electrons. The van der Waals surface area contributed by atoms with Gasteiger partial charge in [-0.3, -0.25) is 0 Å². The fourth-order valence-corrected chi connectivity index (χ4v) is 1.72. The molecule has 1 aromatic carbocycles. The molecular formula is C14H21N5. The molecule has 5 nitrogen and oxygen atoms in total. The average Bonchev–Trinajstić information content (AvgIpc) is 2.88. The molecule has 0 aliphatic carbocycles. The van der Waals surface area contributed by atoms with Gasteiger partial charge in [0.25, 0.3) is 0 Å². The summed E-state index contributed by atoms with van der Waals surface area (Å²) in [6.45, 7) is 8.34. The minimum Gasteiger partial charge on any atom is -0.384 e. The van der Waals surface area contributed by atoms with Crippen molar-refractivity contribution in [3.63, 3.8) is 0 Å². The minimum atomic E-state index is 0.165. The quantitative estimate of drug-likeness (QED) is 0.807. The van der Waals surface area contributed by atoms with E-state index in [1.165, 1.54) is 6.33 Å². The van der Waals surface area contributed by atoms with Crippen LogP contribution in [0.2, 0.25) is 0 Å². The Bertz CT molecular complexity index is 482. The summed E-state index contributed by atoms with van der Waals surface area (Å²) in [5, 5.41) is 10.9. The molecule has 0 spiro atoms. The summed E-state index contributed by atoms with van der Waals surface area (Å²) < 4.78 is 1.74. The fraction of sp³-hybridized carbons (Fsp3) is 0.429. The van der Waals surface area contributed by atoms with Gasteiger partial charge in [0.2, 0.25) is 0 Å². The van der Waals surface area contributed by atoms with Gasteiger partial charge < -0.3 is 10.6 Å². The van der Waals surface area contributed by atoms with E-state index in [-0.39, 0.29) is 5.54 Å². The Kier molecular flexibility index (Phi) is 4.16. The lowest BCUT2D eigenvalue weighted by molar-refractivity contribution is 0.435. The van der Waals surface area contributed by atoms with Crippen LogP contribution in [0.5, 0.6) is 0 Å². The molecule has 102 valence electrons. The van der Waals surface area contributed by atoms with Gasteiger partial charge in [-0.1, -0.05) is 0 Å². The third kappa shape index (κ3) is 4.37. The highest BCUT2D eigenvalue weighted by molar-refractivity contribution is 5.48. The first kappa shape index (κ1) is 13.5. The molecule has 5 heteroatoms. The van der Waals surface area contributed by atoms with E-state index in [1.807, 2.05) is 24.3 Å². The number of anilines is 1. The van der Waals surface area contributed by atoms with E-state index in [2.05, 4.69) is 41.5 Å². The second-order valence-corrected chi connectivity index (χ2v) is 5.49. The molecular weight excluding hydrogens is 238 g/mol.